The molecule has 0 saturated carbocycles. The van der Waals surface area contributed by atoms with E-state index in [9.17, 15) is 0 Å². The Morgan fingerprint density at radius 1 is 1.30 bits per heavy atom. The molecule has 3 fully saturated rings. The van der Waals surface area contributed by atoms with Crippen molar-refractivity contribution in [1.29, 1.82) is 0 Å². The third-order valence-corrected chi connectivity index (χ3v) is 3.50. The summed E-state index contributed by atoms with van der Waals surface area (Å²) in [5.74, 6) is 3.02. The molecule has 0 aromatic rings. The highest BCUT2D eigenvalue weighted by molar-refractivity contribution is 7.80. The quantitative estimate of drug-likeness (QED) is 0.561. The van der Waals surface area contributed by atoms with Gasteiger partial charge in [-0.05, 0) is 43.5 Å². The van der Waals surface area contributed by atoms with E-state index in [1.807, 2.05) is 0 Å². The van der Waals surface area contributed by atoms with Gasteiger partial charge in [-0.2, -0.15) is 12.6 Å². The van der Waals surface area contributed by atoms with E-state index in [1.54, 1.807) is 0 Å². The van der Waals surface area contributed by atoms with Crippen LogP contribution in [-0.2, 0) is 0 Å². The fourth-order valence-corrected chi connectivity index (χ4v) is 2.71. The van der Waals surface area contributed by atoms with Crippen molar-refractivity contribution in [3.8, 4) is 0 Å². The molecule has 0 aliphatic carbocycles. The number of hydrogen-bond acceptors (Lipinski definition) is 2. The molecule has 1 atom stereocenters. The molecule has 0 radical (unpaired) electrons. The summed E-state index contributed by atoms with van der Waals surface area (Å²) >= 11 is 4.37. The fraction of sp³-hybridized carbons (Fsp3) is 1.00. The summed E-state index contributed by atoms with van der Waals surface area (Å²) in [5, 5.41) is 0. The van der Waals surface area contributed by atoms with Gasteiger partial charge in [-0.1, -0.05) is 0 Å². The molecule has 3 aliphatic rings. The molecule has 2 bridgehead atoms. The zero-order valence-corrected chi connectivity index (χ0v) is 7.19. The Labute approximate surface area is 68.2 Å². The Morgan fingerprint density at radius 3 is 2.30 bits per heavy atom. The maximum atomic E-state index is 4.37. The number of piperidine rings is 3. The lowest BCUT2D eigenvalue weighted by Crippen LogP contribution is -2.47. The highest BCUT2D eigenvalue weighted by atomic mass is 32.1. The van der Waals surface area contributed by atoms with Crippen molar-refractivity contribution < 1.29 is 0 Å². The van der Waals surface area contributed by atoms with Gasteiger partial charge in [0.05, 0.1) is 0 Å². The number of fused-ring (bicyclic) bond motifs is 3. The Hall–Kier alpha value is 0.310. The van der Waals surface area contributed by atoms with Crippen LogP contribution in [0.3, 0.4) is 0 Å². The molecule has 58 valence electrons. The monoisotopic (exact) mass is 157 g/mol. The van der Waals surface area contributed by atoms with Crippen LogP contribution in [-0.4, -0.2) is 30.3 Å². The molecule has 1 nitrogen and oxygen atoms in total. The first-order valence-corrected chi connectivity index (χ1v) is 4.86. The van der Waals surface area contributed by atoms with Crippen LogP contribution >= 0.6 is 12.6 Å². The SMILES string of the molecule is SC[C@@H]1CN2CCC1CC2. The smallest absolute Gasteiger partial charge is 0.00201 e. The predicted octanol–water partition coefficient (Wildman–Crippen LogP) is 1.26. The molecular formula is C8H15NS. The molecular weight excluding hydrogens is 142 g/mol. The van der Waals surface area contributed by atoms with E-state index >= 15 is 0 Å². The van der Waals surface area contributed by atoms with Gasteiger partial charge in [0.25, 0.3) is 0 Å². The number of rotatable bonds is 1. The van der Waals surface area contributed by atoms with Gasteiger partial charge in [-0.3, -0.25) is 0 Å². The first-order chi connectivity index (χ1) is 4.90. The number of nitrogens with zero attached hydrogens (tertiary/aromatic N) is 1. The first kappa shape index (κ1) is 6.99. The summed E-state index contributed by atoms with van der Waals surface area (Å²) in [6, 6.07) is 0. The second kappa shape index (κ2) is 2.74. The summed E-state index contributed by atoms with van der Waals surface area (Å²) in [7, 11) is 0. The summed E-state index contributed by atoms with van der Waals surface area (Å²) in [6.45, 7) is 4.04. The van der Waals surface area contributed by atoms with Crippen molar-refractivity contribution in [1.82, 2.24) is 4.90 Å². The van der Waals surface area contributed by atoms with Crippen molar-refractivity contribution in [3.05, 3.63) is 0 Å². The van der Waals surface area contributed by atoms with E-state index in [1.165, 1.54) is 32.5 Å². The van der Waals surface area contributed by atoms with Crippen LogP contribution in [0.4, 0.5) is 0 Å². The van der Waals surface area contributed by atoms with Gasteiger partial charge in [0.2, 0.25) is 0 Å². The van der Waals surface area contributed by atoms with Gasteiger partial charge in [0.1, 0.15) is 0 Å². The third kappa shape index (κ3) is 1.08. The summed E-state index contributed by atoms with van der Waals surface area (Å²) < 4.78 is 0. The molecule has 2 heteroatoms. The molecule has 0 aromatic heterocycles. The van der Waals surface area contributed by atoms with Gasteiger partial charge < -0.3 is 4.90 Å². The van der Waals surface area contributed by atoms with Gasteiger partial charge in [0, 0.05) is 6.54 Å². The first-order valence-electron chi connectivity index (χ1n) is 4.23. The standard InChI is InChI=1S/C8H15NS/c10-6-8-5-9-3-1-7(8)2-4-9/h7-8,10H,1-6H2/t8-/m0/s1. The van der Waals surface area contributed by atoms with E-state index in [2.05, 4.69) is 17.5 Å². The average molecular weight is 157 g/mol. The largest absolute Gasteiger partial charge is 0.303 e. The van der Waals surface area contributed by atoms with Crippen LogP contribution in [0.15, 0.2) is 0 Å². The summed E-state index contributed by atoms with van der Waals surface area (Å²) in [4.78, 5) is 2.58. The minimum atomic E-state index is 0.908. The highest BCUT2D eigenvalue weighted by Gasteiger charge is 2.32. The van der Waals surface area contributed by atoms with Crippen LogP contribution in [0.5, 0.6) is 0 Å². The second-order valence-corrected chi connectivity index (χ2v) is 3.95. The molecule has 0 unspecified atom stereocenters. The molecule has 3 aliphatic heterocycles. The van der Waals surface area contributed by atoms with Crippen molar-refractivity contribution in [3.63, 3.8) is 0 Å². The zero-order chi connectivity index (χ0) is 6.97. The van der Waals surface area contributed by atoms with Gasteiger partial charge in [-0.25, -0.2) is 0 Å². The minimum absolute atomic E-state index is 0.908. The lowest BCUT2D eigenvalue weighted by atomic mass is 9.80. The van der Waals surface area contributed by atoms with Crippen LogP contribution in [0.25, 0.3) is 0 Å². The third-order valence-electron chi connectivity index (χ3n) is 3.03. The van der Waals surface area contributed by atoms with Crippen LogP contribution in [0, 0.1) is 11.8 Å². The number of hydrogen-bond donors (Lipinski definition) is 1. The maximum Gasteiger partial charge on any atom is 0.00201 e. The van der Waals surface area contributed by atoms with Crippen LogP contribution in [0.1, 0.15) is 12.8 Å². The normalized spacial score (nSPS) is 45.9. The van der Waals surface area contributed by atoms with Crippen LogP contribution in [0.2, 0.25) is 0 Å². The molecule has 0 aromatic carbocycles. The molecule has 0 spiro atoms. The van der Waals surface area contributed by atoms with E-state index in [0.29, 0.717) is 0 Å². The Morgan fingerprint density at radius 2 is 2.00 bits per heavy atom. The van der Waals surface area contributed by atoms with Crippen molar-refractivity contribution in [2.24, 2.45) is 11.8 Å². The van der Waals surface area contributed by atoms with Crippen molar-refractivity contribution in [2.45, 2.75) is 12.8 Å². The van der Waals surface area contributed by atoms with E-state index in [4.69, 9.17) is 0 Å². The molecule has 3 rings (SSSR count). The van der Waals surface area contributed by atoms with E-state index in [-0.39, 0.29) is 0 Å². The molecule has 10 heavy (non-hydrogen) atoms. The number of thiol groups is 1. The minimum Gasteiger partial charge on any atom is -0.303 e. The van der Waals surface area contributed by atoms with Crippen molar-refractivity contribution in [2.75, 3.05) is 25.4 Å². The Balaban J connectivity index is 2.01. The lowest BCUT2D eigenvalue weighted by molar-refractivity contribution is 0.0628. The predicted molar refractivity (Wildman–Crippen MR) is 46.5 cm³/mol. The zero-order valence-electron chi connectivity index (χ0n) is 6.29. The molecule has 0 amide bonds. The fourth-order valence-electron chi connectivity index (χ4n) is 2.29. The second-order valence-electron chi connectivity index (χ2n) is 3.58. The van der Waals surface area contributed by atoms with Crippen LogP contribution < -0.4 is 0 Å². The van der Waals surface area contributed by atoms with E-state index < -0.39 is 0 Å². The molecule has 3 heterocycles. The Bertz CT molecular complexity index is 118. The topological polar surface area (TPSA) is 3.24 Å². The van der Waals surface area contributed by atoms with Crippen molar-refractivity contribution >= 4 is 12.6 Å². The van der Waals surface area contributed by atoms with E-state index in [0.717, 1.165) is 17.6 Å². The van der Waals surface area contributed by atoms with Gasteiger partial charge in [0.15, 0.2) is 0 Å². The maximum absolute atomic E-state index is 4.37. The lowest BCUT2D eigenvalue weighted by Gasteiger charge is -2.44. The summed E-state index contributed by atoms with van der Waals surface area (Å²) in [6.07, 6.45) is 2.87. The average Bonchev–Trinajstić information content (AvgIpc) is 2.06. The molecule has 3 saturated heterocycles. The Kier molecular flexibility index (Phi) is 1.92. The van der Waals surface area contributed by atoms with Gasteiger partial charge in [-0.15, -0.1) is 0 Å². The molecule has 0 N–H and O–H groups in total. The summed E-state index contributed by atoms with van der Waals surface area (Å²) in [5.41, 5.74) is 0. The van der Waals surface area contributed by atoms with Gasteiger partial charge >= 0.3 is 0 Å². The highest BCUT2D eigenvalue weighted by Crippen LogP contribution is 2.32.